The Labute approximate surface area is 203 Å². The van der Waals surface area contributed by atoms with Crippen molar-refractivity contribution in [3.63, 3.8) is 0 Å². The smallest absolute Gasteiger partial charge is 0.325 e. The van der Waals surface area contributed by atoms with Gasteiger partial charge in [0.1, 0.15) is 5.54 Å². The van der Waals surface area contributed by atoms with Crippen LogP contribution in [0.5, 0.6) is 0 Å². The van der Waals surface area contributed by atoms with Crippen LogP contribution in [0.1, 0.15) is 51.5 Å². The van der Waals surface area contributed by atoms with E-state index >= 15 is 0 Å². The number of carbonyl (C=O) groups excluding carboxylic acids is 2. The number of hydrogen-bond acceptors (Lipinski definition) is 3. The van der Waals surface area contributed by atoms with Crippen molar-refractivity contribution in [2.45, 2.75) is 51.5 Å². The van der Waals surface area contributed by atoms with E-state index in [1.807, 2.05) is 6.92 Å². The molecule has 2 heterocycles. The molecule has 0 spiro atoms. The SMILES string of the molecule is CCC1(C)NC(=O)N(CCCNC(=NC)N2CCC(c3ccccc3)C(C)C2)C1=O.I. The molecule has 2 fully saturated rings. The maximum absolute atomic E-state index is 12.5. The Morgan fingerprint density at radius 2 is 2.00 bits per heavy atom. The fourth-order valence-corrected chi connectivity index (χ4v) is 4.49. The Morgan fingerprint density at radius 3 is 2.58 bits per heavy atom. The molecule has 0 radical (unpaired) electrons. The van der Waals surface area contributed by atoms with Crippen LogP contribution in [0.25, 0.3) is 0 Å². The number of likely N-dealkylation sites (tertiary alicyclic amines) is 1. The minimum atomic E-state index is -0.764. The highest BCUT2D eigenvalue weighted by molar-refractivity contribution is 14.0. The number of carbonyl (C=O) groups is 2. The largest absolute Gasteiger partial charge is 0.356 e. The van der Waals surface area contributed by atoms with Crippen molar-refractivity contribution < 1.29 is 9.59 Å². The van der Waals surface area contributed by atoms with Crippen LogP contribution in [0.3, 0.4) is 0 Å². The first-order valence-electron chi connectivity index (χ1n) is 11.0. The minimum Gasteiger partial charge on any atom is -0.356 e. The Kier molecular flexibility index (Phi) is 9.14. The lowest BCUT2D eigenvalue weighted by molar-refractivity contribution is -0.130. The lowest BCUT2D eigenvalue weighted by Crippen LogP contribution is -2.48. The van der Waals surface area contributed by atoms with Gasteiger partial charge in [0.05, 0.1) is 0 Å². The van der Waals surface area contributed by atoms with Crippen LogP contribution in [-0.2, 0) is 4.79 Å². The summed E-state index contributed by atoms with van der Waals surface area (Å²) in [5.41, 5.74) is 0.653. The van der Waals surface area contributed by atoms with Gasteiger partial charge in [0.15, 0.2) is 5.96 Å². The summed E-state index contributed by atoms with van der Waals surface area (Å²) in [5, 5.41) is 6.21. The molecule has 2 aliphatic heterocycles. The predicted octanol–water partition coefficient (Wildman–Crippen LogP) is 3.42. The van der Waals surface area contributed by atoms with Crippen LogP contribution >= 0.6 is 24.0 Å². The van der Waals surface area contributed by atoms with Crippen molar-refractivity contribution in [1.82, 2.24) is 20.4 Å². The second-order valence-electron chi connectivity index (χ2n) is 8.63. The van der Waals surface area contributed by atoms with Gasteiger partial charge in [0.25, 0.3) is 5.91 Å². The number of urea groups is 1. The van der Waals surface area contributed by atoms with E-state index < -0.39 is 5.54 Å². The van der Waals surface area contributed by atoms with Crippen LogP contribution in [0, 0.1) is 5.92 Å². The molecule has 3 unspecified atom stereocenters. The molecule has 2 saturated heterocycles. The average Bonchev–Trinajstić information content (AvgIpc) is 2.97. The van der Waals surface area contributed by atoms with E-state index in [2.05, 4.69) is 57.8 Å². The van der Waals surface area contributed by atoms with Gasteiger partial charge in [-0.3, -0.25) is 14.7 Å². The summed E-state index contributed by atoms with van der Waals surface area (Å²) in [5.74, 6) is 1.88. The molecule has 0 aliphatic carbocycles. The third-order valence-corrected chi connectivity index (χ3v) is 6.54. The summed E-state index contributed by atoms with van der Waals surface area (Å²) in [6, 6.07) is 10.5. The number of halogens is 1. The molecule has 3 atom stereocenters. The molecule has 8 heteroatoms. The molecule has 3 rings (SSSR count). The normalized spacial score (nSPS) is 26.5. The third kappa shape index (κ3) is 5.70. The van der Waals surface area contributed by atoms with Crippen molar-refractivity contribution in [2.75, 3.05) is 33.2 Å². The maximum Gasteiger partial charge on any atom is 0.325 e. The number of aliphatic imine (C=N–C) groups is 1. The summed E-state index contributed by atoms with van der Waals surface area (Å²) < 4.78 is 0. The Morgan fingerprint density at radius 1 is 1.29 bits per heavy atom. The summed E-state index contributed by atoms with van der Waals surface area (Å²) >= 11 is 0. The Bertz CT molecular complexity index is 787. The lowest BCUT2D eigenvalue weighted by Gasteiger charge is -2.39. The van der Waals surface area contributed by atoms with Gasteiger partial charge in [0, 0.05) is 33.2 Å². The van der Waals surface area contributed by atoms with Crippen LogP contribution in [0.2, 0.25) is 0 Å². The molecule has 3 amide bonds. The molecule has 172 valence electrons. The van der Waals surface area contributed by atoms with Gasteiger partial charge in [-0.05, 0) is 43.6 Å². The number of hydrogen-bond donors (Lipinski definition) is 2. The van der Waals surface area contributed by atoms with Gasteiger partial charge in [-0.25, -0.2) is 4.79 Å². The van der Waals surface area contributed by atoms with E-state index in [9.17, 15) is 9.59 Å². The molecular weight excluding hydrogens is 505 g/mol. The van der Waals surface area contributed by atoms with Crippen molar-refractivity contribution >= 4 is 41.9 Å². The summed E-state index contributed by atoms with van der Waals surface area (Å²) in [4.78, 5) is 32.7. The highest BCUT2D eigenvalue weighted by atomic mass is 127. The van der Waals surface area contributed by atoms with E-state index in [1.54, 1.807) is 14.0 Å². The molecule has 0 aromatic heterocycles. The molecule has 2 N–H and O–H groups in total. The zero-order valence-electron chi connectivity index (χ0n) is 19.1. The molecule has 0 saturated carbocycles. The fourth-order valence-electron chi connectivity index (χ4n) is 4.49. The molecular formula is C23H36IN5O2. The fraction of sp³-hybridized carbons (Fsp3) is 0.609. The Hall–Kier alpha value is -1.84. The topological polar surface area (TPSA) is 77.0 Å². The second kappa shape index (κ2) is 11.2. The predicted molar refractivity (Wildman–Crippen MR) is 135 cm³/mol. The number of amides is 3. The van der Waals surface area contributed by atoms with Crippen LogP contribution in [0.4, 0.5) is 4.79 Å². The van der Waals surface area contributed by atoms with E-state index in [0.717, 1.165) is 25.5 Å². The Balaban J connectivity index is 0.00000341. The monoisotopic (exact) mass is 541 g/mol. The van der Waals surface area contributed by atoms with E-state index in [4.69, 9.17) is 0 Å². The molecule has 0 bridgehead atoms. The van der Waals surface area contributed by atoms with E-state index in [1.165, 1.54) is 10.5 Å². The molecule has 7 nitrogen and oxygen atoms in total. The van der Waals surface area contributed by atoms with E-state index in [-0.39, 0.29) is 35.9 Å². The highest BCUT2D eigenvalue weighted by Crippen LogP contribution is 2.32. The lowest BCUT2D eigenvalue weighted by atomic mass is 9.82. The van der Waals surface area contributed by atoms with Gasteiger partial charge in [0.2, 0.25) is 0 Å². The average molecular weight is 541 g/mol. The zero-order valence-corrected chi connectivity index (χ0v) is 21.4. The van der Waals surface area contributed by atoms with Crippen molar-refractivity contribution in [2.24, 2.45) is 10.9 Å². The van der Waals surface area contributed by atoms with Gasteiger partial charge >= 0.3 is 6.03 Å². The zero-order chi connectivity index (χ0) is 21.7. The summed E-state index contributed by atoms with van der Waals surface area (Å²) in [6.45, 7) is 9.00. The quantitative estimate of drug-likeness (QED) is 0.190. The summed E-state index contributed by atoms with van der Waals surface area (Å²) in [6.07, 6.45) is 2.38. The molecule has 1 aromatic carbocycles. The molecule has 1 aromatic rings. The maximum atomic E-state index is 12.5. The number of piperidine rings is 1. The van der Waals surface area contributed by atoms with Gasteiger partial charge in [-0.2, -0.15) is 0 Å². The van der Waals surface area contributed by atoms with Gasteiger partial charge in [-0.1, -0.05) is 44.2 Å². The van der Waals surface area contributed by atoms with Gasteiger partial charge < -0.3 is 15.5 Å². The van der Waals surface area contributed by atoms with Crippen LogP contribution in [0.15, 0.2) is 35.3 Å². The number of nitrogens with one attached hydrogen (secondary N) is 2. The first kappa shape index (κ1) is 25.4. The third-order valence-electron chi connectivity index (χ3n) is 6.54. The van der Waals surface area contributed by atoms with Gasteiger partial charge in [-0.15, -0.1) is 24.0 Å². The summed E-state index contributed by atoms with van der Waals surface area (Å²) in [7, 11) is 1.81. The first-order valence-corrected chi connectivity index (χ1v) is 11.0. The molecule has 2 aliphatic rings. The van der Waals surface area contributed by atoms with Crippen molar-refractivity contribution in [1.29, 1.82) is 0 Å². The first-order chi connectivity index (χ1) is 14.4. The molecule has 31 heavy (non-hydrogen) atoms. The number of nitrogens with zero attached hydrogens (tertiary/aromatic N) is 3. The van der Waals surface area contributed by atoms with Crippen LogP contribution < -0.4 is 10.6 Å². The number of benzene rings is 1. The standard InChI is InChI=1S/C23H35N5O2.HI/c1-5-23(3)20(29)28(22(30)26-23)14-9-13-25-21(24-4)27-15-12-19(17(2)16-27)18-10-7-6-8-11-18;/h6-8,10-11,17,19H,5,9,12-16H2,1-4H3,(H,24,25)(H,26,30);1H. The second-order valence-corrected chi connectivity index (χ2v) is 8.63. The minimum absolute atomic E-state index is 0. The number of guanidine groups is 1. The number of imide groups is 1. The van der Waals surface area contributed by atoms with E-state index in [0.29, 0.717) is 37.8 Å². The van der Waals surface area contributed by atoms with Crippen molar-refractivity contribution in [3.05, 3.63) is 35.9 Å². The van der Waals surface area contributed by atoms with Crippen molar-refractivity contribution in [3.8, 4) is 0 Å². The highest BCUT2D eigenvalue weighted by Gasteiger charge is 2.45. The number of rotatable bonds is 6. The van der Waals surface area contributed by atoms with Crippen LogP contribution in [-0.4, -0.2) is 66.5 Å².